The lowest BCUT2D eigenvalue weighted by Gasteiger charge is -2.26. The molecule has 1 unspecified atom stereocenters. The first-order chi connectivity index (χ1) is 7.39. The molecular formula is C12H21N3O. The Bertz CT molecular complexity index is 420. The van der Waals surface area contributed by atoms with Crippen LogP contribution in [0.1, 0.15) is 39.7 Å². The van der Waals surface area contributed by atoms with Gasteiger partial charge in [-0.25, -0.2) is 4.79 Å². The number of imidazole rings is 1. The minimum absolute atomic E-state index is 0.000234. The monoisotopic (exact) mass is 223 g/mol. The first kappa shape index (κ1) is 11.5. The Morgan fingerprint density at radius 1 is 1.44 bits per heavy atom. The Labute approximate surface area is 96.1 Å². The van der Waals surface area contributed by atoms with Gasteiger partial charge in [-0.2, -0.15) is 0 Å². The molecule has 1 aliphatic rings. The molecule has 1 aromatic rings. The van der Waals surface area contributed by atoms with Crippen molar-refractivity contribution in [3.8, 4) is 0 Å². The molecule has 2 rings (SSSR count). The molecule has 0 saturated heterocycles. The summed E-state index contributed by atoms with van der Waals surface area (Å²) in [6, 6.07) is 0.444. The summed E-state index contributed by atoms with van der Waals surface area (Å²) in [4.78, 5) is 12.0. The molecule has 1 heterocycles. The summed E-state index contributed by atoms with van der Waals surface area (Å²) in [5.74, 6) is 0. The highest BCUT2D eigenvalue weighted by atomic mass is 16.1. The fraction of sp³-hybridized carbons (Fsp3) is 0.750. The van der Waals surface area contributed by atoms with Crippen molar-refractivity contribution in [2.45, 2.75) is 52.2 Å². The molecule has 4 nitrogen and oxygen atoms in total. The second-order valence-corrected chi connectivity index (χ2v) is 5.84. The largest absolute Gasteiger partial charge is 0.328 e. The van der Waals surface area contributed by atoms with Gasteiger partial charge in [-0.05, 0) is 18.3 Å². The molecule has 0 bridgehead atoms. The molecule has 0 spiro atoms. The van der Waals surface area contributed by atoms with Crippen LogP contribution < -0.4 is 11.4 Å². The van der Waals surface area contributed by atoms with Crippen LogP contribution in [0.2, 0.25) is 0 Å². The number of rotatable bonds is 3. The molecule has 4 heteroatoms. The molecule has 1 saturated carbocycles. The van der Waals surface area contributed by atoms with Crippen LogP contribution in [-0.4, -0.2) is 15.2 Å². The third kappa shape index (κ3) is 2.21. The Balaban J connectivity index is 2.13. The Hall–Kier alpha value is -1.03. The Morgan fingerprint density at radius 2 is 2.06 bits per heavy atom. The van der Waals surface area contributed by atoms with E-state index in [1.807, 2.05) is 17.0 Å². The topological polar surface area (TPSA) is 52.9 Å². The van der Waals surface area contributed by atoms with E-state index in [9.17, 15) is 4.79 Å². The molecule has 2 N–H and O–H groups in total. The Morgan fingerprint density at radius 3 is 2.56 bits per heavy atom. The molecule has 1 atom stereocenters. The predicted molar refractivity (Wildman–Crippen MR) is 64.4 cm³/mol. The van der Waals surface area contributed by atoms with Crippen LogP contribution in [0.5, 0.6) is 0 Å². The molecule has 1 aliphatic carbocycles. The summed E-state index contributed by atoms with van der Waals surface area (Å²) < 4.78 is 3.56. The van der Waals surface area contributed by atoms with Gasteiger partial charge in [0.1, 0.15) is 0 Å². The molecule has 0 aromatic carbocycles. The minimum atomic E-state index is 0.000234. The lowest BCUT2D eigenvalue weighted by molar-refractivity contribution is 0.288. The van der Waals surface area contributed by atoms with Gasteiger partial charge in [-0.15, -0.1) is 0 Å². The van der Waals surface area contributed by atoms with Gasteiger partial charge in [-0.1, -0.05) is 20.8 Å². The van der Waals surface area contributed by atoms with Crippen LogP contribution in [0.3, 0.4) is 0 Å². The van der Waals surface area contributed by atoms with E-state index in [-0.39, 0.29) is 17.1 Å². The fourth-order valence-electron chi connectivity index (χ4n) is 1.68. The van der Waals surface area contributed by atoms with Crippen molar-refractivity contribution in [3.63, 3.8) is 0 Å². The van der Waals surface area contributed by atoms with Crippen molar-refractivity contribution in [3.05, 3.63) is 22.9 Å². The number of hydrogen-bond acceptors (Lipinski definition) is 2. The second-order valence-electron chi connectivity index (χ2n) is 5.84. The third-order valence-electron chi connectivity index (χ3n) is 3.32. The highest BCUT2D eigenvalue weighted by Gasteiger charge is 2.27. The first-order valence-electron chi connectivity index (χ1n) is 5.92. The van der Waals surface area contributed by atoms with Gasteiger partial charge < -0.3 is 5.73 Å². The van der Waals surface area contributed by atoms with Gasteiger partial charge in [0, 0.05) is 31.0 Å². The predicted octanol–water partition coefficient (Wildman–Crippen LogP) is 1.36. The number of aromatic nitrogens is 2. The van der Waals surface area contributed by atoms with Gasteiger partial charge in [0.05, 0.1) is 0 Å². The molecule has 90 valence electrons. The summed E-state index contributed by atoms with van der Waals surface area (Å²) in [5, 5.41) is 0. The maximum absolute atomic E-state index is 12.0. The Kier molecular flexibility index (Phi) is 2.70. The van der Waals surface area contributed by atoms with Crippen LogP contribution >= 0.6 is 0 Å². The van der Waals surface area contributed by atoms with Crippen molar-refractivity contribution in [2.24, 2.45) is 11.1 Å². The van der Waals surface area contributed by atoms with E-state index < -0.39 is 0 Å². The van der Waals surface area contributed by atoms with Gasteiger partial charge in [0.2, 0.25) is 0 Å². The van der Waals surface area contributed by atoms with Crippen LogP contribution in [0.25, 0.3) is 0 Å². The standard InChI is InChI=1S/C12H21N3O/c1-12(2,3)10(13)8-14-6-7-15(11(14)16)9-4-5-9/h6-7,9-10H,4-5,8,13H2,1-3H3. The molecule has 1 aromatic heterocycles. The number of nitrogens with two attached hydrogens (primary N) is 1. The maximum Gasteiger partial charge on any atom is 0.328 e. The van der Waals surface area contributed by atoms with Gasteiger partial charge in [-0.3, -0.25) is 9.13 Å². The molecular weight excluding hydrogens is 202 g/mol. The van der Waals surface area contributed by atoms with Crippen molar-refractivity contribution in [2.75, 3.05) is 0 Å². The van der Waals surface area contributed by atoms with Crippen LogP contribution in [-0.2, 0) is 6.54 Å². The fourth-order valence-corrected chi connectivity index (χ4v) is 1.68. The SMILES string of the molecule is CC(C)(C)C(N)Cn1ccn(C2CC2)c1=O. The molecule has 1 fully saturated rings. The van der Waals surface area contributed by atoms with Gasteiger partial charge >= 0.3 is 5.69 Å². The number of hydrogen-bond donors (Lipinski definition) is 1. The van der Waals surface area contributed by atoms with E-state index in [0.29, 0.717) is 12.6 Å². The highest BCUT2D eigenvalue weighted by molar-refractivity contribution is 4.92. The lowest BCUT2D eigenvalue weighted by Crippen LogP contribution is -2.41. The van der Waals surface area contributed by atoms with Crippen molar-refractivity contribution >= 4 is 0 Å². The second kappa shape index (κ2) is 3.77. The lowest BCUT2D eigenvalue weighted by atomic mass is 9.87. The van der Waals surface area contributed by atoms with E-state index in [0.717, 1.165) is 12.8 Å². The summed E-state index contributed by atoms with van der Waals surface area (Å²) in [7, 11) is 0. The molecule has 0 amide bonds. The zero-order valence-corrected chi connectivity index (χ0v) is 10.3. The summed E-state index contributed by atoms with van der Waals surface area (Å²) in [5.41, 5.74) is 6.20. The average Bonchev–Trinajstić information content (AvgIpc) is 2.93. The molecule has 16 heavy (non-hydrogen) atoms. The summed E-state index contributed by atoms with van der Waals surface area (Å²) in [6.45, 7) is 6.89. The van der Waals surface area contributed by atoms with E-state index in [4.69, 9.17) is 5.73 Å². The van der Waals surface area contributed by atoms with Gasteiger partial charge in [0.25, 0.3) is 0 Å². The third-order valence-corrected chi connectivity index (χ3v) is 3.32. The summed E-state index contributed by atoms with van der Waals surface area (Å²) in [6.07, 6.45) is 6.01. The van der Waals surface area contributed by atoms with Crippen LogP contribution in [0.4, 0.5) is 0 Å². The van der Waals surface area contributed by atoms with Gasteiger partial charge in [0.15, 0.2) is 0 Å². The van der Waals surface area contributed by atoms with E-state index in [2.05, 4.69) is 20.8 Å². The van der Waals surface area contributed by atoms with Crippen LogP contribution in [0, 0.1) is 5.41 Å². The van der Waals surface area contributed by atoms with E-state index in [1.54, 1.807) is 4.57 Å². The molecule has 0 aliphatic heterocycles. The zero-order chi connectivity index (χ0) is 11.9. The summed E-state index contributed by atoms with van der Waals surface area (Å²) >= 11 is 0. The first-order valence-corrected chi connectivity index (χ1v) is 5.92. The maximum atomic E-state index is 12.0. The minimum Gasteiger partial charge on any atom is -0.326 e. The smallest absolute Gasteiger partial charge is 0.326 e. The quantitative estimate of drug-likeness (QED) is 0.841. The zero-order valence-electron chi connectivity index (χ0n) is 10.3. The van der Waals surface area contributed by atoms with Crippen molar-refractivity contribution in [1.29, 1.82) is 0 Å². The highest BCUT2D eigenvalue weighted by Crippen LogP contribution is 2.33. The normalized spacial score (nSPS) is 18.8. The molecule has 0 radical (unpaired) electrons. The van der Waals surface area contributed by atoms with Crippen molar-refractivity contribution in [1.82, 2.24) is 9.13 Å². The van der Waals surface area contributed by atoms with E-state index >= 15 is 0 Å². The number of nitrogens with zero attached hydrogens (tertiary/aromatic N) is 2. The average molecular weight is 223 g/mol. The van der Waals surface area contributed by atoms with Crippen LogP contribution in [0.15, 0.2) is 17.2 Å². The van der Waals surface area contributed by atoms with E-state index in [1.165, 1.54) is 0 Å². The van der Waals surface area contributed by atoms with Crippen molar-refractivity contribution < 1.29 is 0 Å².